The molecule has 0 N–H and O–H groups in total. The van der Waals surface area contributed by atoms with E-state index >= 15 is 0 Å². The van der Waals surface area contributed by atoms with Crippen molar-refractivity contribution < 1.29 is 13.0 Å². The second-order valence-corrected chi connectivity index (χ2v) is 1.85. The lowest BCUT2D eigenvalue weighted by Gasteiger charge is -1.90. The van der Waals surface area contributed by atoms with E-state index in [-0.39, 0.29) is 6.61 Å². The fraction of sp³-hybridized carbons (Fsp3) is 1.00. The van der Waals surface area contributed by atoms with Gasteiger partial charge in [-0.3, -0.25) is 4.46 Å². The molecule has 0 amide bonds. The summed E-state index contributed by atoms with van der Waals surface area (Å²) in [6.45, 7) is 2.08. The van der Waals surface area contributed by atoms with Gasteiger partial charge in [0.15, 0.2) is 0 Å². The molecule has 0 atom stereocenters. The molecule has 0 heterocycles. The number of rotatable bonds is 3. The number of hydrogen-bond acceptors (Lipinski definition) is 2. The van der Waals surface area contributed by atoms with Crippen molar-refractivity contribution in [2.24, 2.45) is 0 Å². The van der Waals surface area contributed by atoms with Crippen molar-refractivity contribution in [3.8, 4) is 0 Å². The summed E-state index contributed by atoms with van der Waals surface area (Å²) >= 11 is 0. The SMILES string of the molecule is CCCO[Si](=O)F. The first-order chi connectivity index (χ1) is 3.27. The maximum atomic E-state index is 11.2. The van der Waals surface area contributed by atoms with Crippen molar-refractivity contribution in [3.05, 3.63) is 0 Å². The summed E-state index contributed by atoms with van der Waals surface area (Å²) in [6.07, 6.45) is 0.709. The summed E-state index contributed by atoms with van der Waals surface area (Å²) < 4.78 is 24.8. The zero-order chi connectivity index (χ0) is 5.70. The molecule has 0 unspecified atom stereocenters. The predicted molar refractivity (Wildman–Crippen MR) is 23.8 cm³/mol. The first kappa shape index (κ1) is 6.75. The third kappa shape index (κ3) is 5.75. The van der Waals surface area contributed by atoms with E-state index in [4.69, 9.17) is 0 Å². The molecule has 0 saturated heterocycles. The van der Waals surface area contributed by atoms with Crippen molar-refractivity contribution >= 4 is 9.26 Å². The smallest absolute Gasteiger partial charge is 0.502 e. The Morgan fingerprint density at radius 2 is 2.43 bits per heavy atom. The van der Waals surface area contributed by atoms with Crippen LogP contribution in [0.3, 0.4) is 0 Å². The lowest BCUT2D eigenvalue weighted by Crippen LogP contribution is -1.99. The highest BCUT2D eigenvalue weighted by molar-refractivity contribution is 6.25. The molecule has 0 rings (SSSR count). The van der Waals surface area contributed by atoms with Gasteiger partial charge in [0, 0.05) is 0 Å². The first-order valence-corrected chi connectivity index (χ1v) is 3.29. The van der Waals surface area contributed by atoms with Crippen LogP contribution in [-0.2, 0) is 8.89 Å². The largest absolute Gasteiger partial charge is 0.736 e. The van der Waals surface area contributed by atoms with E-state index < -0.39 is 9.26 Å². The van der Waals surface area contributed by atoms with Gasteiger partial charge in [0.2, 0.25) is 0 Å². The summed E-state index contributed by atoms with van der Waals surface area (Å²) in [5, 5.41) is 0. The van der Waals surface area contributed by atoms with Gasteiger partial charge in [-0.25, -0.2) is 0 Å². The summed E-state index contributed by atoms with van der Waals surface area (Å²) in [5.41, 5.74) is 0. The lowest BCUT2D eigenvalue weighted by atomic mass is 10.5. The molecule has 0 aromatic rings. The maximum Gasteiger partial charge on any atom is 0.736 e. The Balaban J connectivity index is 2.82. The molecule has 42 valence electrons. The second kappa shape index (κ2) is 3.92. The third-order valence-electron chi connectivity index (χ3n) is 0.420. The maximum absolute atomic E-state index is 11.2. The molecule has 0 fully saturated rings. The summed E-state index contributed by atoms with van der Waals surface area (Å²) in [6, 6.07) is 0. The van der Waals surface area contributed by atoms with Crippen LogP contribution in [0.2, 0.25) is 0 Å². The normalized spacial score (nSPS) is 8.29. The minimum absolute atomic E-state index is 0.258. The Morgan fingerprint density at radius 1 is 1.86 bits per heavy atom. The average molecular weight is 122 g/mol. The van der Waals surface area contributed by atoms with Gasteiger partial charge in [-0.15, -0.1) is 0 Å². The highest BCUT2D eigenvalue weighted by Crippen LogP contribution is 1.78. The van der Waals surface area contributed by atoms with E-state index in [9.17, 15) is 8.57 Å². The third-order valence-corrected chi connectivity index (χ3v) is 0.851. The van der Waals surface area contributed by atoms with Crippen molar-refractivity contribution in [2.45, 2.75) is 13.3 Å². The van der Waals surface area contributed by atoms with Crippen LogP contribution in [0.1, 0.15) is 13.3 Å². The highest BCUT2D eigenvalue weighted by atomic mass is 28.3. The van der Waals surface area contributed by atoms with Gasteiger partial charge in [0.05, 0.1) is 6.61 Å². The molecule has 0 aliphatic carbocycles. The predicted octanol–water partition coefficient (Wildman–Crippen LogP) is 0.798. The van der Waals surface area contributed by atoms with Gasteiger partial charge in [-0.05, 0) is 6.42 Å². The van der Waals surface area contributed by atoms with Crippen LogP contribution in [0.25, 0.3) is 0 Å². The zero-order valence-corrected chi connectivity index (χ0v) is 5.11. The Bertz CT molecular complexity index is 66.0. The van der Waals surface area contributed by atoms with Gasteiger partial charge < -0.3 is 4.43 Å². The van der Waals surface area contributed by atoms with E-state index in [1.165, 1.54) is 0 Å². The quantitative estimate of drug-likeness (QED) is 0.409. The topological polar surface area (TPSA) is 26.3 Å². The van der Waals surface area contributed by atoms with Crippen LogP contribution >= 0.6 is 0 Å². The average Bonchev–Trinajstić information content (AvgIpc) is 1.61. The Kier molecular flexibility index (Phi) is 3.78. The Labute approximate surface area is 43.3 Å². The minimum atomic E-state index is -3.15. The standard InChI is InChI=1S/C3H7FO2Si/c1-2-3-6-7(4)5/h2-3H2,1H3. The molecule has 0 spiro atoms. The van der Waals surface area contributed by atoms with Gasteiger partial charge in [0.1, 0.15) is 0 Å². The van der Waals surface area contributed by atoms with Crippen molar-refractivity contribution in [1.29, 1.82) is 0 Å². The summed E-state index contributed by atoms with van der Waals surface area (Å²) in [7, 11) is -3.15. The first-order valence-electron chi connectivity index (χ1n) is 2.09. The number of halogens is 1. The van der Waals surface area contributed by atoms with Crippen LogP contribution < -0.4 is 0 Å². The van der Waals surface area contributed by atoms with E-state index in [1.54, 1.807) is 0 Å². The summed E-state index contributed by atoms with van der Waals surface area (Å²) in [5.74, 6) is 0. The van der Waals surface area contributed by atoms with E-state index in [2.05, 4.69) is 4.43 Å². The van der Waals surface area contributed by atoms with E-state index in [1.807, 2.05) is 6.92 Å². The van der Waals surface area contributed by atoms with Crippen molar-refractivity contribution in [2.75, 3.05) is 6.61 Å². The molecular weight excluding hydrogens is 115 g/mol. The van der Waals surface area contributed by atoms with Crippen LogP contribution in [0, 0.1) is 0 Å². The van der Waals surface area contributed by atoms with Crippen LogP contribution in [-0.4, -0.2) is 15.9 Å². The molecule has 4 heteroatoms. The molecule has 0 aliphatic rings. The van der Waals surface area contributed by atoms with Crippen LogP contribution in [0.4, 0.5) is 4.11 Å². The Morgan fingerprint density at radius 3 is 2.57 bits per heavy atom. The fourth-order valence-electron chi connectivity index (χ4n) is 0.182. The molecule has 0 bridgehead atoms. The lowest BCUT2D eigenvalue weighted by molar-refractivity contribution is 0.256. The molecule has 7 heavy (non-hydrogen) atoms. The molecule has 0 aromatic carbocycles. The van der Waals surface area contributed by atoms with Gasteiger partial charge in [-0.1, -0.05) is 6.92 Å². The number of hydrogen-bond donors (Lipinski definition) is 0. The summed E-state index contributed by atoms with van der Waals surface area (Å²) in [4.78, 5) is 0. The molecule has 0 saturated carbocycles. The molecule has 0 radical (unpaired) electrons. The van der Waals surface area contributed by atoms with E-state index in [0.717, 1.165) is 0 Å². The van der Waals surface area contributed by atoms with Crippen molar-refractivity contribution in [3.63, 3.8) is 0 Å². The monoisotopic (exact) mass is 122 g/mol. The zero-order valence-electron chi connectivity index (χ0n) is 4.11. The van der Waals surface area contributed by atoms with Gasteiger partial charge in [-0.2, -0.15) is 4.11 Å². The van der Waals surface area contributed by atoms with Gasteiger partial charge in [0.25, 0.3) is 0 Å². The van der Waals surface area contributed by atoms with Crippen LogP contribution in [0.5, 0.6) is 0 Å². The minimum Gasteiger partial charge on any atom is -0.502 e. The second-order valence-electron chi connectivity index (χ2n) is 1.09. The van der Waals surface area contributed by atoms with Gasteiger partial charge >= 0.3 is 9.26 Å². The molecule has 0 aromatic heterocycles. The molecular formula is C3H7FO2Si. The molecule has 2 nitrogen and oxygen atoms in total. The highest BCUT2D eigenvalue weighted by Gasteiger charge is 2.00. The van der Waals surface area contributed by atoms with Crippen molar-refractivity contribution in [1.82, 2.24) is 0 Å². The van der Waals surface area contributed by atoms with E-state index in [0.29, 0.717) is 6.42 Å². The molecule has 0 aliphatic heterocycles. The Hall–Kier alpha value is -0.253. The fourth-order valence-corrected chi connectivity index (χ4v) is 0.547. The van der Waals surface area contributed by atoms with Crippen LogP contribution in [0.15, 0.2) is 0 Å².